The van der Waals surface area contributed by atoms with E-state index < -0.39 is 5.97 Å². The van der Waals surface area contributed by atoms with Crippen LogP contribution in [0.4, 0.5) is 11.4 Å². The van der Waals surface area contributed by atoms with E-state index in [1.165, 1.54) is 18.2 Å². The number of rotatable bonds is 5. The van der Waals surface area contributed by atoms with Crippen LogP contribution in [0, 0.1) is 0 Å². The quantitative estimate of drug-likeness (QED) is 0.509. The number of azo groups is 1. The maximum absolute atomic E-state index is 11.8. The van der Waals surface area contributed by atoms with E-state index in [0.29, 0.717) is 23.2 Å². The molecular formula is C17H16N2O4. The fourth-order valence-electron chi connectivity index (χ4n) is 1.79. The molecule has 0 amide bonds. The Kier molecular flexibility index (Phi) is 5.19. The first kappa shape index (κ1) is 16.4. The van der Waals surface area contributed by atoms with E-state index in [4.69, 9.17) is 4.74 Å². The SMILES string of the molecule is CC(C)OC(=O)c1cccc(N=Nc2ccc(O)c(C=O)c2)c1. The Morgan fingerprint density at radius 1 is 1.13 bits per heavy atom. The van der Waals surface area contributed by atoms with Crippen molar-refractivity contribution in [3.8, 4) is 5.75 Å². The fraction of sp³-hybridized carbons (Fsp3) is 0.176. The number of esters is 1. The zero-order valence-corrected chi connectivity index (χ0v) is 12.8. The van der Waals surface area contributed by atoms with E-state index in [0.717, 1.165) is 0 Å². The van der Waals surface area contributed by atoms with Crippen molar-refractivity contribution in [3.05, 3.63) is 53.6 Å². The van der Waals surface area contributed by atoms with Gasteiger partial charge in [-0.2, -0.15) is 10.2 Å². The maximum Gasteiger partial charge on any atom is 0.338 e. The summed E-state index contributed by atoms with van der Waals surface area (Å²) >= 11 is 0. The molecule has 6 heteroatoms. The molecule has 2 rings (SSSR count). The summed E-state index contributed by atoms with van der Waals surface area (Å²) < 4.78 is 5.12. The molecule has 0 spiro atoms. The number of phenols is 1. The third-order valence-electron chi connectivity index (χ3n) is 2.84. The van der Waals surface area contributed by atoms with Crippen molar-refractivity contribution < 1.29 is 19.4 Å². The molecule has 0 heterocycles. The number of ether oxygens (including phenoxy) is 1. The lowest BCUT2D eigenvalue weighted by Gasteiger charge is -2.07. The molecule has 0 aliphatic carbocycles. The van der Waals surface area contributed by atoms with Gasteiger partial charge in [0.1, 0.15) is 5.75 Å². The summed E-state index contributed by atoms with van der Waals surface area (Å²) in [5.74, 6) is -0.540. The Morgan fingerprint density at radius 2 is 1.83 bits per heavy atom. The molecule has 0 unspecified atom stereocenters. The monoisotopic (exact) mass is 312 g/mol. The normalized spacial score (nSPS) is 10.9. The first-order valence-electron chi connectivity index (χ1n) is 7.00. The van der Waals surface area contributed by atoms with Gasteiger partial charge in [-0.05, 0) is 50.2 Å². The topological polar surface area (TPSA) is 88.3 Å². The second-order valence-corrected chi connectivity index (χ2v) is 5.07. The van der Waals surface area contributed by atoms with Crippen LogP contribution in [-0.2, 0) is 4.74 Å². The molecule has 0 saturated heterocycles. The number of hydrogen-bond acceptors (Lipinski definition) is 6. The summed E-state index contributed by atoms with van der Waals surface area (Å²) in [5.41, 5.74) is 1.41. The van der Waals surface area contributed by atoms with Crippen LogP contribution < -0.4 is 0 Å². The number of benzene rings is 2. The van der Waals surface area contributed by atoms with Gasteiger partial charge in [-0.15, -0.1) is 0 Å². The van der Waals surface area contributed by atoms with Gasteiger partial charge in [0.2, 0.25) is 0 Å². The van der Waals surface area contributed by atoms with Crippen molar-refractivity contribution >= 4 is 23.6 Å². The lowest BCUT2D eigenvalue weighted by molar-refractivity contribution is 0.0378. The Labute approximate surface area is 133 Å². The van der Waals surface area contributed by atoms with Crippen LogP contribution in [0.2, 0.25) is 0 Å². The summed E-state index contributed by atoms with van der Waals surface area (Å²) in [6.07, 6.45) is 0.336. The molecule has 2 aromatic carbocycles. The number of aldehydes is 1. The van der Waals surface area contributed by atoms with E-state index in [2.05, 4.69) is 10.2 Å². The average Bonchev–Trinajstić information content (AvgIpc) is 2.53. The predicted octanol–water partition coefficient (Wildman–Crippen LogP) is 4.19. The summed E-state index contributed by atoms with van der Waals surface area (Å²) in [6, 6.07) is 10.9. The molecule has 118 valence electrons. The molecule has 23 heavy (non-hydrogen) atoms. The van der Waals surface area contributed by atoms with Crippen molar-refractivity contribution in [1.29, 1.82) is 0 Å². The number of carbonyl (C=O) groups excluding carboxylic acids is 2. The molecule has 0 fully saturated rings. The molecule has 6 nitrogen and oxygen atoms in total. The van der Waals surface area contributed by atoms with Gasteiger partial charge in [0, 0.05) is 0 Å². The molecule has 1 N–H and O–H groups in total. The Bertz CT molecular complexity index is 754. The number of nitrogens with zero attached hydrogens (tertiary/aromatic N) is 2. The maximum atomic E-state index is 11.8. The second-order valence-electron chi connectivity index (χ2n) is 5.07. The van der Waals surface area contributed by atoms with Crippen LogP contribution in [0.1, 0.15) is 34.6 Å². The first-order valence-corrected chi connectivity index (χ1v) is 7.00. The number of aromatic hydroxyl groups is 1. The van der Waals surface area contributed by atoms with Crippen molar-refractivity contribution in [2.24, 2.45) is 10.2 Å². The first-order chi connectivity index (χ1) is 11.0. The molecule has 0 bridgehead atoms. The van der Waals surface area contributed by atoms with Gasteiger partial charge in [0.25, 0.3) is 0 Å². The Hall–Kier alpha value is -3.02. The minimum atomic E-state index is -0.426. The van der Waals surface area contributed by atoms with E-state index in [9.17, 15) is 14.7 Å². The smallest absolute Gasteiger partial charge is 0.338 e. The minimum Gasteiger partial charge on any atom is -0.507 e. The van der Waals surface area contributed by atoms with E-state index in [1.54, 1.807) is 38.1 Å². The van der Waals surface area contributed by atoms with E-state index in [1.807, 2.05) is 0 Å². The zero-order chi connectivity index (χ0) is 16.8. The van der Waals surface area contributed by atoms with Crippen molar-refractivity contribution in [2.45, 2.75) is 20.0 Å². The van der Waals surface area contributed by atoms with E-state index in [-0.39, 0.29) is 17.4 Å². The molecule has 0 aromatic heterocycles. The Balaban J connectivity index is 2.20. The van der Waals surface area contributed by atoms with Gasteiger partial charge in [-0.3, -0.25) is 4.79 Å². The molecule has 0 radical (unpaired) electrons. The average molecular weight is 312 g/mol. The molecule has 0 atom stereocenters. The van der Waals surface area contributed by atoms with Crippen LogP contribution in [0.5, 0.6) is 5.75 Å². The lowest BCUT2D eigenvalue weighted by atomic mass is 10.2. The van der Waals surface area contributed by atoms with Crippen LogP contribution in [0.25, 0.3) is 0 Å². The molecule has 2 aromatic rings. The summed E-state index contributed by atoms with van der Waals surface area (Å²) in [6.45, 7) is 3.55. The van der Waals surface area contributed by atoms with Gasteiger partial charge in [0.05, 0.1) is 28.6 Å². The van der Waals surface area contributed by atoms with Crippen LogP contribution >= 0.6 is 0 Å². The van der Waals surface area contributed by atoms with Crippen molar-refractivity contribution in [3.63, 3.8) is 0 Å². The van der Waals surface area contributed by atoms with Crippen LogP contribution in [-0.4, -0.2) is 23.5 Å². The van der Waals surface area contributed by atoms with Gasteiger partial charge < -0.3 is 9.84 Å². The van der Waals surface area contributed by atoms with Crippen molar-refractivity contribution in [1.82, 2.24) is 0 Å². The van der Waals surface area contributed by atoms with Gasteiger partial charge in [-0.25, -0.2) is 4.79 Å². The lowest BCUT2D eigenvalue weighted by Crippen LogP contribution is -2.11. The number of hydrogen-bond donors (Lipinski definition) is 1. The second kappa shape index (κ2) is 7.31. The highest BCUT2D eigenvalue weighted by atomic mass is 16.5. The molecular weight excluding hydrogens is 296 g/mol. The third-order valence-corrected chi connectivity index (χ3v) is 2.84. The molecule has 0 saturated carbocycles. The van der Waals surface area contributed by atoms with Crippen molar-refractivity contribution in [2.75, 3.05) is 0 Å². The highest BCUT2D eigenvalue weighted by molar-refractivity contribution is 5.90. The van der Waals surface area contributed by atoms with Crippen LogP contribution in [0.15, 0.2) is 52.7 Å². The number of carbonyl (C=O) groups is 2. The molecule has 0 aliphatic heterocycles. The highest BCUT2D eigenvalue weighted by Gasteiger charge is 2.09. The summed E-state index contributed by atoms with van der Waals surface area (Å²) in [5, 5.41) is 17.4. The zero-order valence-electron chi connectivity index (χ0n) is 12.8. The Morgan fingerprint density at radius 3 is 2.48 bits per heavy atom. The largest absolute Gasteiger partial charge is 0.507 e. The third kappa shape index (κ3) is 4.47. The highest BCUT2D eigenvalue weighted by Crippen LogP contribution is 2.24. The minimum absolute atomic E-state index is 0.114. The summed E-state index contributed by atoms with van der Waals surface area (Å²) in [7, 11) is 0. The molecule has 0 aliphatic rings. The number of phenolic OH excluding ortho intramolecular Hbond substituents is 1. The van der Waals surface area contributed by atoms with Gasteiger partial charge in [-0.1, -0.05) is 6.07 Å². The van der Waals surface area contributed by atoms with Gasteiger partial charge >= 0.3 is 5.97 Å². The van der Waals surface area contributed by atoms with Gasteiger partial charge in [0.15, 0.2) is 6.29 Å². The van der Waals surface area contributed by atoms with Crippen LogP contribution in [0.3, 0.4) is 0 Å². The summed E-state index contributed by atoms with van der Waals surface area (Å²) in [4.78, 5) is 22.6. The predicted molar refractivity (Wildman–Crippen MR) is 84.7 cm³/mol. The van der Waals surface area contributed by atoms with E-state index >= 15 is 0 Å². The fourth-order valence-corrected chi connectivity index (χ4v) is 1.79. The standard InChI is InChI=1S/C17H16N2O4/c1-11(2)23-17(22)12-4-3-5-14(8-12)18-19-15-6-7-16(21)13(9-15)10-20/h3-11,21H,1-2H3.